The number of thiophene rings is 1. The molecule has 1 unspecified atom stereocenters. The van der Waals surface area contributed by atoms with Gasteiger partial charge in [-0.15, -0.1) is 11.3 Å². The average Bonchev–Trinajstić information content (AvgIpc) is 3.33. The molecule has 0 saturated carbocycles. The monoisotopic (exact) mass is 449 g/mol. The molecular formula is C25H27N3O3S. The van der Waals surface area contributed by atoms with Crippen molar-refractivity contribution in [1.82, 2.24) is 14.5 Å². The Kier molecular flexibility index (Phi) is 5.12. The SMILES string of the molecule is CN1[C@@H]2CC[C@H]1CC(Oc1ccc(-n3cnc4cc(C5=CCOCC5)sc4c3=O)cc1)C2. The summed E-state index contributed by atoms with van der Waals surface area (Å²) in [6, 6.07) is 11.2. The Labute approximate surface area is 191 Å². The third-order valence-electron chi connectivity index (χ3n) is 7.19. The molecule has 2 fully saturated rings. The van der Waals surface area contributed by atoms with E-state index in [0.29, 0.717) is 23.4 Å². The maximum atomic E-state index is 13.2. The van der Waals surface area contributed by atoms with Crippen LogP contribution in [0.1, 0.15) is 37.0 Å². The number of ether oxygens (including phenoxy) is 2. The molecule has 2 aromatic heterocycles. The lowest BCUT2D eigenvalue weighted by Crippen LogP contribution is -2.43. The van der Waals surface area contributed by atoms with Gasteiger partial charge in [0.2, 0.25) is 0 Å². The van der Waals surface area contributed by atoms with Gasteiger partial charge in [0.25, 0.3) is 5.56 Å². The molecule has 0 aliphatic carbocycles. The summed E-state index contributed by atoms with van der Waals surface area (Å²) in [6.07, 6.45) is 9.64. The highest BCUT2D eigenvalue weighted by atomic mass is 32.1. The second-order valence-electron chi connectivity index (χ2n) is 9.05. The molecule has 7 heteroatoms. The number of rotatable bonds is 4. The Morgan fingerprint density at radius 1 is 1.16 bits per heavy atom. The van der Waals surface area contributed by atoms with E-state index < -0.39 is 0 Å². The zero-order valence-corrected chi connectivity index (χ0v) is 19.0. The largest absolute Gasteiger partial charge is 0.490 e. The van der Waals surface area contributed by atoms with Crippen LogP contribution in [-0.4, -0.2) is 52.9 Å². The topological polar surface area (TPSA) is 56.6 Å². The van der Waals surface area contributed by atoms with Crippen LogP contribution in [0.3, 0.4) is 0 Å². The smallest absolute Gasteiger partial charge is 0.275 e. The van der Waals surface area contributed by atoms with Crippen LogP contribution in [0.15, 0.2) is 47.5 Å². The van der Waals surface area contributed by atoms with Crippen LogP contribution >= 0.6 is 11.3 Å². The molecular weight excluding hydrogens is 422 g/mol. The number of piperidine rings is 1. The number of aromatic nitrogens is 2. The van der Waals surface area contributed by atoms with Crippen LogP contribution in [0.25, 0.3) is 21.5 Å². The van der Waals surface area contributed by atoms with E-state index in [1.807, 2.05) is 30.3 Å². The summed E-state index contributed by atoms with van der Waals surface area (Å²) in [5, 5.41) is 0. The van der Waals surface area contributed by atoms with Crippen molar-refractivity contribution in [2.45, 2.75) is 50.3 Å². The highest BCUT2D eigenvalue weighted by Crippen LogP contribution is 2.36. The Hall–Kier alpha value is -2.48. The molecule has 0 amide bonds. The quantitative estimate of drug-likeness (QED) is 0.596. The predicted molar refractivity (Wildman–Crippen MR) is 127 cm³/mol. The lowest BCUT2D eigenvalue weighted by Gasteiger charge is -2.36. The van der Waals surface area contributed by atoms with Gasteiger partial charge in [-0.25, -0.2) is 4.98 Å². The van der Waals surface area contributed by atoms with Gasteiger partial charge in [0.1, 0.15) is 22.9 Å². The van der Waals surface area contributed by atoms with Crippen LogP contribution in [0.2, 0.25) is 0 Å². The van der Waals surface area contributed by atoms with Crippen LogP contribution in [0, 0.1) is 0 Å². The summed E-state index contributed by atoms with van der Waals surface area (Å²) in [7, 11) is 2.24. The van der Waals surface area contributed by atoms with Gasteiger partial charge >= 0.3 is 0 Å². The molecule has 3 aliphatic rings. The maximum Gasteiger partial charge on any atom is 0.275 e. The van der Waals surface area contributed by atoms with E-state index in [1.54, 1.807) is 10.9 Å². The second kappa shape index (κ2) is 8.14. The summed E-state index contributed by atoms with van der Waals surface area (Å²) in [4.78, 5) is 21.4. The molecule has 0 spiro atoms. The van der Waals surface area contributed by atoms with Gasteiger partial charge in [-0.1, -0.05) is 6.08 Å². The minimum atomic E-state index is -0.0283. The van der Waals surface area contributed by atoms with Crippen LogP contribution in [-0.2, 0) is 4.74 Å². The molecule has 1 aromatic carbocycles. The first-order valence-corrected chi connectivity index (χ1v) is 12.2. The van der Waals surface area contributed by atoms with E-state index in [2.05, 4.69) is 23.0 Å². The minimum Gasteiger partial charge on any atom is -0.490 e. The first kappa shape index (κ1) is 20.1. The van der Waals surface area contributed by atoms with Gasteiger partial charge in [0, 0.05) is 17.0 Å². The zero-order chi connectivity index (χ0) is 21.7. The molecule has 0 N–H and O–H groups in total. The number of hydrogen-bond acceptors (Lipinski definition) is 6. The molecule has 2 bridgehead atoms. The molecule has 2 saturated heterocycles. The van der Waals surface area contributed by atoms with Gasteiger partial charge < -0.3 is 14.4 Å². The first-order valence-electron chi connectivity index (χ1n) is 11.4. The lowest BCUT2D eigenvalue weighted by molar-refractivity contribution is 0.0662. The standard InChI is InChI=1S/C25H27N3O3S/c1-27-18-2-3-19(27)13-21(12-18)31-20-6-4-17(5-7-20)28-15-26-22-14-23(32-24(22)25(28)29)16-8-10-30-11-9-16/h4-8,14-15,18-19,21H,2-3,9-13H2,1H3/t18-,19+,21?. The molecule has 5 heterocycles. The van der Waals surface area contributed by atoms with Crippen molar-refractivity contribution in [1.29, 1.82) is 0 Å². The van der Waals surface area contributed by atoms with E-state index in [-0.39, 0.29) is 11.7 Å². The second-order valence-corrected chi connectivity index (χ2v) is 10.1. The van der Waals surface area contributed by atoms with Crippen molar-refractivity contribution < 1.29 is 9.47 Å². The van der Waals surface area contributed by atoms with Gasteiger partial charge in [0.05, 0.1) is 24.4 Å². The molecule has 3 aliphatic heterocycles. The van der Waals surface area contributed by atoms with Crippen molar-refractivity contribution in [3.63, 3.8) is 0 Å². The Bertz CT molecular complexity index is 1220. The number of benzene rings is 1. The zero-order valence-electron chi connectivity index (χ0n) is 18.2. The lowest BCUT2D eigenvalue weighted by atomic mass is 10.0. The maximum absolute atomic E-state index is 13.2. The number of fused-ring (bicyclic) bond motifs is 3. The molecule has 166 valence electrons. The summed E-state index contributed by atoms with van der Waals surface area (Å²) < 4.78 is 14.0. The third kappa shape index (κ3) is 3.58. The Morgan fingerprint density at radius 3 is 2.66 bits per heavy atom. The fourth-order valence-electron chi connectivity index (χ4n) is 5.34. The van der Waals surface area contributed by atoms with Gasteiger partial charge in [-0.3, -0.25) is 9.36 Å². The van der Waals surface area contributed by atoms with Crippen LogP contribution < -0.4 is 10.3 Å². The van der Waals surface area contributed by atoms with E-state index in [4.69, 9.17) is 9.47 Å². The highest BCUT2D eigenvalue weighted by Gasteiger charge is 2.39. The van der Waals surface area contributed by atoms with Gasteiger partial charge in [-0.2, -0.15) is 0 Å². The number of nitrogens with zero attached hydrogens (tertiary/aromatic N) is 3. The molecule has 3 atom stereocenters. The normalized spacial score (nSPS) is 25.8. The van der Waals surface area contributed by atoms with E-state index in [9.17, 15) is 4.79 Å². The number of hydrogen-bond donors (Lipinski definition) is 0. The van der Waals surface area contributed by atoms with Crippen molar-refractivity contribution in [2.24, 2.45) is 0 Å². The molecule has 32 heavy (non-hydrogen) atoms. The summed E-state index contributed by atoms with van der Waals surface area (Å²) >= 11 is 1.52. The van der Waals surface area contributed by atoms with Crippen molar-refractivity contribution >= 4 is 27.1 Å². The average molecular weight is 450 g/mol. The summed E-state index contributed by atoms with van der Waals surface area (Å²) in [5.74, 6) is 0.870. The molecule has 6 rings (SSSR count). The fraction of sp³-hybridized carbons (Fsp3) is 0.440. The predicted octanol–water partition coefficient (Wildman–Crippen LogP) is 4.25. The van der Waals surface area contributed by atoms with Crippen molar-refractivity contribution in [2.75, 3.05) is 20.3 Å². The van der Waals surface area contributed by atoms with Gasteiger partial charge in [0.15, 0.2) is 0 Å². The van der Waals surface area contributed by atoms with Gasteiger partial charge in [-0.05, 0) is 75.1 Å². The summed E-state index contributed by atoms with van der Waals surface area (Å²) in [5.41, 5.74) is 2.78. The minimum absolute atomic E-state index is 0.0283. The molecule has 6 nitrogen and oxygen atoms in total. The third-order valence-corrected chi connectivity index (χ3v) is 8.38. The van der Waals surface area contributed by atoms with Crippen molar-refractivity contribution in [3.05, 3.63) is 58.0 Å². The van der Waals surface area contributed by atoms with Crippen LogP contribution in [0.5, 0.6) is 5.75 Å². The van der Waals surface area contributed by atoms with E-state index in [1.165, 1.54) is 29.8 Å². The van der Waals surface area contributed by atoms with Crippen LogP contribution in [0.4, 0.5) is 0 Å². The van der Waals surface area contributed by atoms with E-state index in [0.717, 1.165) is 47.7 Å². The Morgan fingerprint density at radius 2 is 1.94 bits per heavy atom. The van der Waals surface area contributed by atoms with E-state index >= 15 is 0 Å². The fourth-order valence-corrected chi connectivity index (χ4v) is 6.45. The highest BCUT2D eigenvalue weighted by molar-refractivity contribution is 7.19. The molecule has 3 aromatic rings. The molecule has 0 radical (unpaired) electrons. The first-order chi connectivity index (χ1) is 15.7. The van der Waals surface area contributed by atoms with Crippen molar-refractivity contribution in [3.8, 4) is 11.4 Å². The summed E-state index contributed by atoms with van der Waals surface area (Å²) in [6.45, 7) is 1.36. The Balaban J connectivity index is 1.23.